The number of hydrogen-bond acceptors (Lipinski definition) is 3. The summed E-state index contributed by atoms with van der Waals surface area (Å²) in [5.74, 6) is -2.64. The van der Waals surface area contributed by atoms with Crippen molar-refractivity contribution in [2.75, 3.05) is 5.32 Å². The molecule has 0 aliphatic carbocycles. The van der Waals surface area contributed by atoms with Gasteiger partial charge in [-0.15, -0.1) is 0 Å². The predicted octanol–water partition coefficient (Wildman–Crippen LogP) is 1.84. The van der Waals surface area contributed by atoms with E-state index < -0.39 is 29.3 Å². The third kappa shape index (κ3) is 4.03. The van der Waals surface area contributed by atoms with Crippen LogP contribution in [0.25, 0.3) is 0 Å². The molecule has 0 unspecified atom stereocenters. The number of carboxylic acids is 1. The number of anilines is 1. The molecular formula is C13H17FN2O3. The van der Waals surface area contributed by atoms with Gasteiger partial charge in [-0.3, -0.25) is 4.79 Å². The summed E-state index contributed by atoms with van der Waals surface area (Å²) < 4.78 is 13.4. The van der Waals surface area contributed by atoms with E-state index in [1.165, 1.54) is 12.1 Å². The average molecular weight is 268 g/mol. The van der Waals surface area contributed by atoms with Crippen molar-refractivity contribution < 1.29 is 19.1 Å². The average Bonchev–Trinajstić information content (AvgIpc) is 2.27. The monoisotopic (exact) mass is 268 g/mol. The van der Waals surface area contributed by atoms with Gasteiger partial charge in [-0.25, -0.2) is 9.18 Å². The Morgan fingerprint density at radius 3 is 2.58 bits per heavy atom. The number of carbonyl (C=O) groups excluding carboxylic acids is 1. The van der Waals surface area contributed by atoms with E-state index in [4.69, 9.17) is 10.8 Å². The minimum Gasteiger partial charge on any atom is -0.478 e. The van der Waals surface area contributed by atoms with Crippen molar-refractivity contribution in [1.82, 2.24) is 0 Å². The summed E-state index contributed by atoms with van der Waals surface area (Å²) in [5, 5.41) is 11.3. The van der Waals surface area contributed by atoms with Crippen molar-refractivity contribution in [2.24, 2.45) is 11.7 Å². The zero-order valence-corrected chi connectivity index (χ0v) is 10.8. The molecule has 104 valence electrons. The highest BCUT2D eigenvalue weighted by Crippen LogP contribution is 2.19. The maximum absolute atomic E-state index is 13.4. The van der Waals surface area contributed by atoms with Crippen molar-refractivity contribution in [3.63, 3.8) is 0 Å². The molecule has 0 fully saturated rings. The fraction of sp³-hybridized carbons (Fsp3) is 0.385. The number of nitrogens with one attached hydrogen (secondary N) is 1. The van der Waals surface area contributed by atoms with Gasteiger partial charge in [0.05, 0.1) is 11.7 Å². The normalized spacial score (nSPS) is 12.3. The quantitative estimate of drug-likeness (QED) is 0.759. The topological polar surface area (TPSA) is 92.4 Å². The summed E-state index contributed by atoms with van der Waals surface area (Å²) in [6.45, 7) is 3.83. The van der Waals surface area contributed by atoms with Gasteiger partial charge in [0, 0.05) is 0 Å². The molecule has 0 bridgehead atoms. The first kappa shape index (κ1) is 15.1. The molecule has 4 N–H and O–H groups in total. The number of carboxylic acid groups (broad SMARTS) is 1. The van der Waals surface area contributed by atoms with E-state index in [0.717, 1.165) is 6.07 Å². The van der Waals surface area contributed by atoms with Crippen LogP contribution < -0.4 is 11.1 Å². The van der Waals surface area contributed by atoms with Gasteiger partial charge in [0.15, 0.2) is 0 Å². The van der Waals surface area contributed by atoms with Gasteiger partial charge in [0.1, 0.15) is 11.4 Å². The highest BCUT2D eigenvalue weighted by molar-refractivity contribution is 6.02. The largest absolute Gasteiger partial charge is 0.478 e. The minimum atomic E-state index is -1.44. The number of carbonyl (C=O) groups is 2. The van der Waals surface area contributed by atoms with Gasteiger partial charge in [-0.05, 0) is 24.5 Å². The second-order valence-electron chi connectivity index (χ2n) is 4.69. The Kier molecular flexibility index (Phi) is 5.00. The van der Waals surface area contributed by atoms with Crippen LogP contribution in [-0.2, 0) is 4.79 Å². The second kappa shape index (κ2) is 6.29. The zero-order chi connectivity index (χ0) is 14.6. The fourth-order valence-corrected chi connectivity index (χ4v) is 1.69. The van der Waals surface area contributed by atoms with Crippen molar-refractivity contribution in [2.45, 2.75) is 26.3 Å². The Hall–Kier alpha value is -1.95. The number of amides is 1. The minimum absolute atomic E-state index is 0.0864. The van der Waals surface area contributed by atoms with E-state index in [1.54, 1.807) is 0 Å². The first-order chi connectivity index (χ1) is 8.82. The van der Waals surface area contributed by atoms with Crippen LogP contribution in [0.5, 0.6) is 0 Å². The van der Waals surface area contributed by atoms with Gasteiger partial charge >= 0.3 is 5.97 Å². The molecule has 0 saturated heterocycles. The molecule has 5 nitrogen and oxygen atoms in total. The third-order valence-corrected chi connectivity index (χ3v) is 2.55. The molecule has 19 heavy (non-hydrogen) atoms. The van der Waals surface area contributed by atoms with Crippen molar-refractivity contribution in [1.29, 1.82) is 0 Å². The number of aromatic carboxylic acids is 1. The van der Waals surface area contributed by atoms with Crippen molar-refractivity contribution >= 4 is 17.6 Å². The Morgan fingerprint density at radius 2 is 2.05 bits per heavy atom. The molecule has 1 atom stereocenters. The van der Waals surface area contributed by atoms with E-state index >= 15 is 0 Å². The van der Waals surface area contributed by atoms with E-state index in [-0.39, 0.29) is 11.6 Å². The lowest BCUT2D eigenvalue weighted by molar-refractivity contribution is -0.117. The SMILES string of the molecule is CC(C)C[C@H](N)C(=O)Nc1cccc(F)c1C(=O)O. The molecule has 1 rings (SSSR count). The molecule has 6 heteroatoms. The fourth-order valence-electron chi connectivity index (χ4n) is 1.69. The molecule has 0 saturated carbocycles. The Morgan fingerprint density at radius 1 is 1.42 bits per heavy atom. The summed E-state index contributed by atoms with van der Waals surface area (Å²) in [5.41, 5.74) is 5.03. The van der Waals surface area contributed by atoms with Crippen LogP contribution in [0.4, 0.5) is 10.1 Å². The molecule has 1 aromatic carbocycles. The number of nitrogens with two attached hydrogens (primary N) is 1. The first-order valence-electron chi connectivity index (χ1n) is 5.91. The lowest BCUT2D eigenvalue weighted by atomic mass is 10.0. The van der Waals surface area contributed by atoms with Gasteiger partial charge in [-0.2, -0.15) is 0 Å². The van der Waals surface area contributed by atoms with Gasteiger partial charge < -0.3 is 16.2 Å². The lowest BCUT2D eigenvalue weighted by Crippen LogP contribution is -2.37. The molecule has 0 heterocycles. The highest BCUT2D eigenvalue weighted by atomic mass is 19.1. The highest BCUT2D eigenvalue weighted by Gasteiger charge is 2.20. The smallest absolute Gasteiger partial charge is 0.340 e. The van der Waals surface area contributed by atoms with E-state index in [1.807, 2.05) is 13.8 Å². The molecular weight excluding hydrogens is 251 g/mol. The predicted molar refractivity (Wildman–Crippen MR) is 69.4 cm³/mol. The molecule has 0 aliphatic heterocycles. The summed E-state index contributed by atoms with van der Waals surface area (Å²) in [7, 11) is 0. The van der Waals surface area contributed by atoms with Crippen LogP contribution in [0, 0.1) is 11.7 Å². The summed E-state index contributed by atoms with van der Waals surface area (Å²) in [4.78, 5) is 22.7. The molecule has 1 aromatic rings. The van der Waals surface area contributed by atoms with Gasteiger partial charge in [0.25, 0.3) is 0 Å². The maximum Gasteiger partial charge on any atom is 0.340 e. The molecule has 1 amide bonds. The van der Waals surface area contributed by atoms with Crippen molar-refractivity contribution in [3.05, 3.63) is 29.6 Å². The Balaban J connectivity index is 2.91. The Labute approximate surface area is 110 Å². The third-order valence-electron chi connectivity index (χ3n) is 2.55. The Bertz CT molecular complexity index is 489. The van der Waals surface area contributed by atoms with E-state index in [2.05, 4.69) is 5.32 Å². The van der Waals surface area contributed by atoms with Crippen molar-refractivity contribution in [3.8, 4) is 0 Å². The maximum atomic E-state index is 13.4. The van der Waals surface area contributed by atoms with E-state index in [9.17, 15) is 14.0 Å². The van der Waals surface area contributed by atoms with Crippen LogP contribution in [0.3, 0.4) is 0 Å². The van der Waals surface area contributed by atoms with E-state index in [0.29, 0.717) is 6.42 Å². The zero-order valence-electron chi connectivity index (χ0n) is 10.8. The van der Waals surface area contributed by atoms with Crippen LogP contribution in [0.1, 0.15) is 30.6 Å². The van der Waals surface area contributed by atoms with Crippen LogP contribution in [0.15, 0.2) is 18.2 Å². The standard InChI is InChI=1S/C13H17FN2O3/c1-7(2)6-9(15)12(17)16-10-5-3-4-8(14)11(10)13(18)19/h3-5,7,9H,6,15H2,1-2H3,(H,16,17)(H,18,19)/t9-/m0/s1. The lowest BCUT2D eigenvalue weighted by Gasteiger charge is -2.15. The number of hydrogen-bond donors (Lipinski definition) is 3. The molecule has 0 spiro atoms. The molecule has 0 aliphatic rings. The van der Waals surface area contributed by atoms with Crippen LogP contribution in [-0.4, -0.2) is 23.0 Å². The van der Waals surface area contributed by atoms with Gasteiger partial charge in [-0.1, -0.05) is 19.9 Å². The summed E-state index contributed by atoms with van der Waals surface area (Å²) in [6.07, 6.45) is 0.462. The van der Waals surface area contributed by atoms with Crippen LogP contribution in [0.2, 0.25) is 0 Å². The molecule has 0 aromatic heterocycles. The number of rotatable bonds is 5. The molecule has 0 radical (unpaired) electrons. The van der Waals surface area contributed by atoms with Crippen LogP contribution >= 0.6 is 0 Å². The second-order valence-corrected chi connectivity index (χ2v) is 4.69. The number of halogens is 1. The number of benzene rings is 1. The first-order valence-corrected chi connectivity index (χ1v) is 5.91. The summed E-state index contributed by atoms with van der Waals surface area (Å²) in [6, 6.07) is 2.91. The van der Waals surface area contributed by atoms with Gasteiger partial charge in [0.2, 0.25) is 5.91 Å². The summed E-state index contributed by atoms with van der Waals surface area (Å²) >= 11 is 0.